The molecule has 6 heteroatoms. The molecule has 0 bridgehead atoms. The molecular formula is C59H112O6. The van der Waals surface area contributed by atoms with Gasteiger partial charge in [0.2, 0.25) is 0 Å². The molecule has 1 atom stereocenters. The lowest BCUT2D eigenvalue weighted by molar-refractivity contribution is -0.167. The molecule has 6 nitrogen and oxygen atoms in total. The molecule has 0 spiro atoms. The minimum Gasteiger partial charge on any atom is -0.462 e. The number of hydrogen-bond donors (Lipinski definition) is 0. The molecule has 0 aliphatic carbocycles. The smallest absolute Gasteiger partial charge is 0.306 e. The molecule has 0 aromatic rings. The van der Waals surface area contributed by atoms with E-state index in [1.807, 2.05) is 0 Å². The Morgan fingerprint density at radius 3 is 0.785 bits per heavy atom. The molecule has 65 heavy (non-hydrogen) atoms. The SMILES string of the molecule is CCCCCC/C=C\CCCCCCCCCC(=O)OC[C@H](COC(=O)CCCCCCCCCCCCCCCCC)OC(=O)CCCCCCCCCCCCCCCCCCC. The van der Waals surface area contributed by atoms with Crippen LogP contribution >= 0.6 is 0 Å². The van der Waals surface area contributed by atoms with Crippen molar-refractivity contribution in [1.29, 1.82) is 0 Å². The summed E-state index contributed by atoms with van der Waals surface area (Å²) in [6.07, 6.45) is 62.0. The molecule has 0 aromatic heterocycles. The monoisotopic (exact) mass is 917 g/mol. The predicted octanol–water partition coefficient (Wildman–Crippen LogP) is 19.3. The Morgan fingerprint density at radius 1 is 0.292 bits per heavy atom. The van der Waals surface area contributed by atoms with Crippen molar-refractivity contribution in [2.24, 2.45) is 0 Å². The number of ether oxygens (including phenoxy) is 3. The third kappa shape index (κ3) is 53.0. The van der Waals surface area contributed by atoms with E-state index >= 15 is 0 Å². The molecule has 0 radical (unpaired) electrons. The van der Waals surface area contributed by atoms with Crippen molar-refractivity contribution >= 4 is 17.9 Å². The van der Waals surface area contributed by atoms with Crippen molar-refractivity contribution in [3.05, 3.63) is 12.2 Å². The van der Waals surface area contributed by atoms with Crippen LogP contribution in [0.3, 0.4) is 0 Å². The fourth-order valence-electron chi connectivity index (χ4n) is 8.85. The van der Waals surface area contributed by atoms with Crippen LogP contribution in [0.15, 0.2) is 12.2 Å². The van der Waals surface area contributed by atoms with Crippen LogP contribution in [0.2, 0.25) is 0 Å². The molecule has 0 unspecified atom stereocenters. The molecule has 0 saturated carbocycles. The van der Waals surface area contributed by atoms with Gasteiger partial charge in [0.25, 0.3) is 0 Å². The zero-order valence-corrected chi connectivity index (χ0v) is 44.0. The van der Waals surface area contributed by atoms with Gasteiger partial charge in [-0.1, -0.05) is 277 Å². The molecule has 0 saturated heterocycles. The largest absolute Gasteiger partial charge is 0.462 e. The van der Waals surface area contributed by atoms with Crippen molar-refractivity contribution in [3.63, 3.8) is 0 Å². The van der Waals surface area contributed by atoms with Gasteiger partial charge < -0.3 is 14.2 Å². The molecule has 0 aliphatic rings. The van der Waals surface area contributed by atoms with Gasteiger partial charge in [0, 0.05) is 19.3 Å². The van der Waals surface area contributed by atoms with E-state index < -0.39 is 6.10 Å². The first kappa shape index (κ1) is 63.1. The molecule has 0 aliphatic heterocycles. The van der Waals surface area contributed by atoms with E-state index in [0.717, 1.165) is 57.8 Å². The van der Waals surface area contributed by atoms with E-state index in [4.69, 9.17) is 14.2 Å². The fraction of sp³-hybridized carbons (Fsp3) is 0.915. The van der Waals surface area contributed by atoms with E-state index in [-0.39, 0.29) is 31.1 Å². The van der Waals surface area contributed by atoms with Gasteiger partial charge in [0.15, 0.2) is 6.10 Å². The van der Waals surface area contributed by atoms with Crippen LogP contribution in [0.4, 0.5) is 0 Å². The average molecular weight is 918 g/mol. The summed E-state index contributed by atoms with van der Waals surface area (Å²) in [5.74, 6) is -0.844. The minimum absolute atomic E-state index is 0.0651. The van der Waals surface area contributed by atoms with Crippen LogP contribution < -0.4 is 0 Å². The molecule has 0 rings (SSSR count). The van der Waals surface area contributed by atoms with Crippen LogP contribution in [0.5, 0.6) is 0 Å². The van der Waals surface area contributed by atoms with Crippen LogP contribution in [0, 0.1) is 0 Å². The second kappa shape index (κ2) is 54.8. The highest BCUT2D eigenvalue weighted by atomic mass is 16.6. The predicted molar refractivity (Wildman–Crippen MR) is 280 cm³/mol. The maximum absolute atomic E-state index is 12.9. The lowest BCUT2D eigenvalue weighted by Gasteiger charge is -2.18. The van der Waals surface area contributed by atoms with Gasteiger partial charge in [-0.15, -0.1) is 0 Å². The maximum atomic E-state index is 12.9. The lowest BCUT2D eigenvalue weighted by Crippen LogP contribution is -2.30. The third-order valence-electron chi connectivity index (χ3n) is 13.3. The Bertz CT molecular complexity index is 1010. The average Bonchev–Trinajstić information content (AvgIpc) is 3.30. The first-order valence-corrected chi connectivity index (χ1v) is 29.2. The van der Waals surface area contributed by atoms with Gasteiger partial charge in [0.05, 0.1) is 0 Å². The van der Waals surface area contributed by atoms with Gasteiger partial charge in [-0.25, -0.2) is 0 Å². The summed E-state index contributed by atoms with van der Waals surface area (Å²) in [6, 6.07) is 0. The van der Waals surface area contributed by atoms with Crippen LogP contribution in [-0.2, 0) is 28.6 Å². The Hall–Kier alpha value is -1.85. The summed E-state index contributed by atoms with van der Waals surface area (Å²) in [5.41, 5.74) is 0. The topological polar surface area (TPSA) is 78.9 Å². The zero-order chi connectivity index (χ0) is 47.2. The number of carbonyl (C=O) groups excluding carboxylic acids is 3. The summed E-state index contributed by atoms with van der Waals surface area (Å²) in [6.45, 7) is 6.68. The van der Waals surface area contributed by atoms with Crippen molar-refractivity contribution in [1.82, 2.24) is 0 Å². The van der Waals surface area contributed by atoms with Gasteiger partial charge >= 0.3 is 17.9 Å². The number of allylic oxidation sites excluding steroid dienone is 2. The first-order chi connectivity index (χ1) is 32.0. The number of rotatable bonds is 54. The van der Waals surface area contributed by atoms with Crippen LogP contribution in [0.25, 0.3) is 0 Å². The zero-order valence-electron chi connectivity index (χ0n) is 44.0. The fourth-order valence-corrected chi connectivity index (χ4v) is 8.85. The molecule has 0 amide bonds. The van der Waals surface area contributed by atoms with E-state index in [2.05, 4.69) is 32.9 Å². The van der Waals surface area contributed by atoms with Crippen molar-refractivity contribution in [3.8, 4) is 0 Å². The highest BCUT2D eigenvalue weighted by Crippen LogP contribution is 2.17. The standard InChI is InChI=1S/C59H112O6/c1-4-7-10-13-16-19-22-25-28-29-32-35-38-41-44-47-50-53-59(62)65-56(54-63-57(60)51-48-45-42-39-36-33-30-26-23-20-17-14-11-8-5-2)55-64-58(61)52-49-46-43-40-37-34-31-27-24-21-18-15-12-9-6-3/h20,23,56H,4-19,21-22,24-55H2,1-3H3/b23-20-/t56-/m1/s1. The van der Waals surface area contributed by atoms with Gasteiger partial charge in [-0.2, -0.15) is 0 Å². The summed E-state index contributed by atoms with van der Waals surface area (Å²) in [7, 11) is 0. The second-order valence-electron chi connectivity index (χ2n) is 19.9. The van der Waals surface area contributed by atoms with Gasteiger partial charge in [-0.3, -0.25) is 14.4 Å². The number of hydrogen-bond acceptors (Lipinski definition) is 6. The summed E-state index contributed by atoms with van der Waals surface area (Å²) in [5, 5.41) is 0. The van der Waals surface area contributed by atoms with Crippen LogP contribution in [0.1, 0.15) is 329 Å². The first-order valence-electron chi connectivity index (χ1n) is 29.2. The van der Waals surface area contributed by atoms with Crippen molar-refractivity contribution < 1.29 is 28.6 Å². The molecule has 0 heterocycles. The van der Waals surface area contributed by atoms with E-state index in [1.54, 1.807) is 0 Å². The van der Waals surface area contributed by atoms with Gasteiger partial charge in [-0.05, 0) is 44.9 Å². The van der Waals surface area contributed by atoms with Crippen molar-refractivity contribution in [2.45, 2.75) is 335 Å². The Labute approximate surface area is 405 Å². The molecular weight excluding hydrogens is 805 g/mol. The molecule has 0 aromatic carbocycles. The highest BCUT2D eigenvalue weighted by Gasteiger charge is 2.19. The number of esters is 3. The Kier molecular flexibility index (Phi) is 53.2. The van der Waals surface area contributed by atoms with Crippen LogP contribution in [-0.4, -0.2) is 37.2 Å². The number of carbonyl (C=O) groups is 3. The summed E-state index contributed by atoms with van der Waals surface area (Å²) in [4.78, 5) is 38.1. The van der Waals surface area contributed by atoms with E-state index in [0.29, 0.717) is 19.3 Å². The normalized spacial score (nSPS) is 12.0. The molecule has 0 N–H and O–H groups in total. The maximum Gasteiger partial charge on any atom is 0.306 e. The summed E-state index contributed by atoms with van der Waals surface area (Å²) >= 11 is 0. The summed E-state index contributed by atoms with van der Waals surface area (Å²) < 4.78 is 16.9. The molecule has 0 fully saturated rings. The lowest BCUT2D eigenvalue weighted by atomic mass is 10.0. The second-order valence-corrected chi connectivity index (χ2v) is 19.9. The molecule has 384 valence electrons. The van der Waals surface area contributed by atoms with E-state index in [1.165, 1.54) is 231 Å². The highest BCUT2D eigenvalue weighted by molar-refractivity contribution is 5.71. The number of unbranched alkanes of at least 4 members (excludes halogenated alkanes) is 41. The third-order valence-corrected chi connectivity index (χ3v) is 13.3. The van der Waals surface area contributed by atoms with Crippen molar-refractivity contribution in [2.75, 3.05) is 13.2 Å². The van der Waals surface area contributed by atoms with E-state index in [9.17, 15) is 14.4 Å². The Morgan fingerprint density at radius 2 is 0.508 bits per heavy atom. The Balaban J connectivity index is 4.31. The quantitative estimate of drug-likeness (QED) is 0.0262. The van der Waals surface area contributed by atoms with Gasteiger partial charge in [0.1, 0.15) is 13.2 Å². The minimum atomic E-state index is -0.766.